The second-order valence-electron chi connectivity index (χ2n) is 6.29. The molecule has 8 heteroatoms. The number of rotatable bonds is 7. The second kappa shape index (κ2) is 7.36. The van der Waals surface area contributed by atoms with E-state index in [4.69, 9.17) is 11.5 Å². The number of amides is 2. The summed E-state index contributed by atoms with van der Waals surface area (Å²) in [7, 11) is 1.97. The Morgan fingerprint density at radius 1 is 1.19 bits per heavy atom. The number of benzene rings is 1. The van der Waals surface area contributed by atoms with Gasteiger partial charge in [-0.25, -0.2) is 4.98 Å². The lowest BCUT2D eigenvalue weighted by Crippen LogP contribution is -2.35. The molecule has 1 aromatic carbocycles. The number of aryl methyl sites for hydroxylation is 1. The van der Waals surface area contributed by atoms with Gasteiger partial charge in [0.1, 0.15) is 17.7 Å². The third-order valence-corrected chi connectivity index (χ3v) is 4.38. The van der Waals surface area contributed by atoms with Crippen LogP contribution in [0.2, 0.25) is 0 Å². The van der Waals surface area contributed by atoms with Crippen LogP contribution in [-0.4, -0.2) is 27.4 Å². The molecular weight excluding hydrogens is 344 g/mol. The molecule has 8 nitrogen and oxygen atoms in total. The third-order valence-electron chi connectivity index (χ3n) is 4.38. The van der Waals surface area contributed by atoms with E-state index in [1.165, 1.54) is 0 Å². The molecule has 0 aliphatic heterocycles. The highest BCUT2D eigenvalue weighted by Crippen LogP contribution is 2.25. The number of pyridine rings is 1. The second-order valence-corrected chi connectivity index (χ2v) is 6.29. The predicted octanol–water partition coefficient (Wildman–Crippen LogP) is 2.09. The molecule has 27 heavy (non-hydrogen) atoms. The lowest BCUT2D eigenvalue weighted by Gasteiger charge is -2.16. The van der Waals surface area contributed by atoms with E-state index in [2.05, 4.69) is 15.6 Å². The molecule has 0 aliphatic rings. The van der Waals surface area contributed by atoms with Gasteiger partial charge >= 0.3 is 0 Å². The quantitative estimate of drug-likeness (QED) is 0.509. The molecule has 0 aliphatic carbocycles. The van der Waals surface area contributed by atoms with Crippen LogP contribution in [0.1, 0.15) is 23.7 Å². The maximum absolute atomic E-state index is 11.8. The minimum Gasteiger partial charge on any atom is -0.368 e. The molecule has 0 fully saturated rings. The fraction of sp³-hybridized carbons (Fsp3) is 0.211. The molecule has 140 valence electrons. The van der Waals surface area contributed by atoms with Crippen LogP contribution in [0.15, 0.2) is 42.6 Å². The van der Waals surface area contributed by atoms with Crippen molar-refractivity contribution in [2.45, 2.75) is 19.4 Å². The summed E-state index contributed by atoms with van der Waals surface area (Å²) in [6.07, 6.45) is 2.49. The van der Waals surface area contributed by atoms with Gasteiger partial charge in [0.05, 0.1) is 5.56 Å². The maximum atomic E-state index is 11.8. The minimum absolute atomic E-state index is 0.251. The van der Waals surface area contributed by atoms with Gasteiger partial charge in [0.15, 0.2) is 0 Å². The highest BCUT2D eigenvalue weighted by molar-refractivity contribution is 5.99. The molecule has 0 spiro atoms. The van der Waals surface area contributed by atoms with Crippen molar-refractivity contribution in [3.8, 4) is 0 Å². The van der Waals surface area contributed by atoms with Gasteiger partial charge in [0.25, 0.3) is 5.91 Å². The zero-order valence-electron chi connectivity index (χ0n) is 15.2. The van der Waals surface area contributed by atoms with Crippen molar-refractivity contribution in [3.63, 3.8) is 0 Å². The SMILES string of the molecule is CC[C@@H](Nc1ccc(C(N)=O)c(Nc2ccc3c(ccn3C)c2)n1)C(N)=O. The van der Waals surface area contributed by atoms with Crippen LogP contribution < -0.4 is 22.1 Å². The Hall–Kier alpha value is -3.55. The summed E-state index contributed by atoms with van der Waals surface area (Å²) >= 11 is 0. The Balaban J connectivity index is 1.94. The highest BCUT2D eigenvalue weighted by Gasteiger charge is 2.16. The summed E-state index contributed by atoms with van der Waals surface area (Å²) in [5.74, 6) is -0.336. The van der Waals surface area contributed by atoms with Crippen LogP contribution in [0.25, 0.3) is 10.9 Å². The molecule has 1 atom stereocenters. The standard InChI is InChI=1S/C19H22N6O2/c1-3-14(18(21)27)23-16-7-5-13(17(20)26)19(24-16)22-12-4-6-15-11(10-12)8-9-25(15)2/h4-10,14H,3H2,1-2H3,(H2,20,26)(H2,21,27)(H2,22,23,24)/t14-/m1/s1. The van der Waals surface area contributed by atoms with Gasteiger partial charge in [0.2, 0.25) is 5.91 Å². The third kappa shape index (κ3) is 3.84. The van der Waals surface area contributed by atoms with Crippen LogP contribution >= 0.6 is 0 Å². The Morgan fingerprint density at radius 3 is 2.63 bits per heavy atom. The first kappa shape index (κ1) is 18.2. The van der Waals surface area contributed by atoms with Gasteiger partial charge in [-0.3, -0.25) is 9.59 Å². The van der Waals surface area contributed by atoms with Crippen molar-refractivity contribution in [2.75, 3.05) is 10.6 Å². The Morgan fingerprint density at radius 2 is 1.96 bits per heavy atom. The molecule has 0 bridgehead atoms. The summed E-state index contributed by atoms with van der Waals surface area (Å²) in [4.78, 5) is 27.6. The first-order valence-corrected chi connectivity index (χ1v) is 8.58. The summed E-state index contributed by atoms with van der Waals surface area (Å²) in [6, 6.07) is 10.4. The highest BCUT2D eigenvalue weighted by atomic mass is 16.1. The topological polar surface area (TPSA) is 128 Å². The van der Waals surface area contributed by atoms with E-state index in [0.717, 1.165) is 16.6 Å². The Kier molecular flexibility index (Phi) is 4.98. The minimum atomic E-state index is -0.598. The number of nitrogens with zero attached hydrogens (tertiary/aromatic N) is 2. The van der Waals surface area contributed by atoms with Gasteiger partial charge in [-0.2, -0.15) is 0 Å². The number of primary amides is 2. The Bertz CT molecular complexity index is 1010. The van der Waals surface area contributed by atoms with Gasteiger partial charge < -0.3 is 26.7 Å². The van der Waals surface area contributed by atoms with E-state index in [1.807, 2.05) is 49.0 Å². The van der Waals surface area contributed by atoms with Crippen molar-refractivity contribution < 1.29 is 9.59 Å². The van der Waals surface area contributed by atoms with Gasteiger partial charge in [-0.15, -0.1) is 0 Å². The van der Waals surface area contributed by atoms with E-state index < -0.39 is 17.9 Å². The maximum Gasteiger partial charge on any atom is 0.252 e. The molecule has 2 heterocycles. The fourth-order valence-electron chi connectivity index (χ4n) is 2.88. The normalized spacial score (nSPS) is 11.9. The van der Waals surface area contributed by atoms with Gasteiger partial charge in [0, 0.05) is 29.8 Å². The van der Waals surface area contributed by atoms with Gasteiger partial charge in [-0.05, 0) is 42.8 Å². The number of hydrogen-bond donors (Lipinski definition) is 4. The van der Waals surface area contributed by atoms with Crippen LogP contribution in [0.5, 0.6) is 0 Å². The number of carbonyl (C=O) groups excluding carboxylic acids is 2. The monoisotopic (exact) mass is 366 g/mol. The Labute approximate surface area is 156 Å². The smallest absolute Gasteiger partial charge is 0.252 e. The molecule has 2 aromatic heterocycles. The molecule has 2 amide bonds. The summed E-state index contributed by atoms with van der Waals surface area (Å²) < 4.78 is 2.02. The van der Waals surface area contributed by atoms with Crippen LogP contribution in [-0.2, 0) is 11.8 Å². The van der Waals surface area contributed by atoms with E-state index in [-0.39, 0.29) is 5.56 Å². The van der Waals surface area contributed by atoms with Crippen molar-refractivity contribution in [2.24, 2.45) is 18.5 Å². The van der Waals surface area contributed by atoms with Crippen molar-refractivity contribution >= 4 is 40.0 Å². The van der Waals surface area contributed by atoms with Gasteiger partial charge in [-0.1, -0.05) is 6.92 Å². The molecular formula is C19H22N6O2. The van der Waals surface area contributed by atoms with Crippen LogP contribution in [0, 0.1) is 0 Å². The van der Waals surface area contributed by atoms with Crippen molar-refractivity contribution in [3.05, 3.63) is 48.2 Å². The number of hydrogen-bond acceptors (Lipinski definition) is 5. The van der Waals surface area contributed by atoms with Crippen molar-refractivity contribution in [1.82, 2.24) is 9.55 Å². The number of carbonyl (C=O) groups is 2. The first-order chi connectivity index (χ1) is 12.9. The fourth-order valence-corrected chi connectivity index (χ4v) is 2.88. The molecule has 6 N–H and O–H groups in total. The van der Waals surface area contributed by atoms with E-state index in [1.54, 1.807) is 12.1 Å². The summed E-state index contributed by atoms with van der Waals surface area (Å²) in [5.41, 5.74) is 12.9. The number of nitrogens with one attached hydrogen (secondary N) is 2. The number of anilines is 3. The number of nitrogens with two attached hydrogens (primary N) is 2. The zero-order valence-corrected chi connectivity index (χ0v) is 15.2. The number of aromatic nitrogens is 2. The first-order valence-electron chi connectivity index (χ1n) is 8.58. The average Bonchev–Trinajstić information content (AvgIpc) is 2.99. The largest absolute Gasteiger partial charge is 0.368 e. The summed E-state index contributed by atoms with van der Waals surface area (Å²) in [6.45, 7) is 1.84. The summed E-state index contributed by atoms with van der Waals surface area (Å²) in [5, 5.41) is 7.16. The van der Waals surface area contributed by atoms with E-state index in [0.29, 0.717) is 18.1 Å². The molecule has 0 saturated carbocycles. The van der Waals surface area contributed by atoms with Crippen LogP contribution in [0.3, 0.4) is 0 Å². The van der Waals surface area contributed by atoms with Crippen molar-refractivity contribution in [1.29, 1.82) is 0 Å². The lowest BCUT2D eigenvalue weighted by molar-refractivity contribution is -0.118. The van der Waals surface area contributed by atoms with Crippen LogP contribution in [0.4, 0.5) is 17.3 Å². The molecule has 0 saturated heterocycles. The average molecular weight is 366 g/mol. The lowest BCUT2D eigenvalue weighted by atomic mass is 10.2. The van der Waals surface area contributed by atoms with E-state index >= 15 is 0 Å². The number of fused-ring (bicyclic) bond motifs is 1. The predicted molar refractivity (Wildman–Crippen MR) is 106 cm³/mol. The molecule has 0 radical (unpaired) electrons. The molecule has 0 unspecified atom stereocenters. The molecule has 3 aromatic rings. The van der Waals surface area contributed by atoms with E-state index in [9.17, 15) is 9.59 Å². The molecule has 3 rings (SSSR count). The zero-order chi connectivity index (χ0) is 19.6.